The summed E-state index contributed by atoms with van der Waals surface area (Å²) in [6.07, 6.45) is 0. The predicted octanol–water partition coefficient (Wildman–Crippen LogP) is 4.82. The molecule has 0 aliphatic carbocycles. The zero-order chi connectivity index (χ0) is 18.2. The third-order valence-corrected chi connectivity index (χ3v) is 4.90. The number of hydrogen-bond donors (Lipinski definition) is 2. The quantitative estimate of drug-likeness (QED) is 0.540. The van der Waals surface area contributed by atoms with Crippen molar-refractivity contribution < 1.29 is 14.6 Å². The van der Waals surface area contributed by atoms with Crippen molar-refractivity contribution in [3.05, 3.63) is 56.0 Å². The Morgan fingerprint density at radius 3 is 2.44 bits per heavy atom. The van der Waals surface area contributed by atoms with Gasteiger partial charge in [-0.05, 0) is 36.8 Å². The van der Waals surface area contributed by atoms with E-state index in [1.54, 1.807) is 18.2 Å². The number of halogens is 3. The van der Waals surface area contributed by atoms with Gasteiger partial charge in [0.1, 0.15) is 6.61 Å². The highest BCUT2D eigenvalue weighted by Gasteiger charge is 2.13. The number of ether oxygens (including phenoxy) is 2. The van der Waals surface area contributed by atoms with E-state index in [4.69, 9.17) is 37.8 Å². The van der Waals surface area contributed by atoms with Gasteiger partial charge in [-0.1, -0.05) is 45.2 Å². The SMILES string of the molecule is CCOc1cc(CNCCO)c(Br)cc1OCc1c(Cl)cccc1Cl. The Morgan fingerprint density at radius 1 is 1.12 bits per heavy atom. The van der Waals surface area contributed by atoms with Crippen LogP contribution in [-0.4, -0.2) is 24.9 Å². The minimum Gasteiger partial charge on any atom is -0.490 e. The maximum absolute atomic E-state index is 8.88. The Kier molecular flexibility index (Phi) is 8.33. The molecular weight excluding hydrogens is 429 g/mol. The molecular formula is C18H20BrCl2NO3. The van der Waals surface area contributed by atoms with Crippen molar-refractivity contribution in [3.8, 4) is 11.5 Å². The third kappa shape index (κ3) is 5.76. The van der Waals surface area contributed by atoms with E-state index < -0.39 is 0 Å². The molecule has 0 saturated heterocycles. The average molecular weight is 449 g/mol. The molecule has 0 aromatic heterocycles. The summed E-state index contributed by atoms with van der Waals surface area (Å²) in [6, 6.07) is 9.14. The molecule has 4 nitrogen and oxygen atoms in total. The van der Waals surface area contributed by atoms with Crippen molar-refractivity contribution >= 4 is 39.1 Å². The number of aliphatic hydroxyl groups excluding tert-OH is 1. The summed E-state index contributed by atoms with van der Waals surface area (Å²) >= 11 is 15.9. The van der Waals surface area contributed by atoms with Gasteiger partial charge in [0, 0.05) is 33.2 Å². The second-order valence-corrected chi connectivity index (χ2v) is 6.88. The average Bonchev–Trinajstić information content (AvgIpc) is 2.58. The molecule has 2 aromatic carbocycles. The Bertz CT molecular complexity index is 693. The molecule has 0 fully saturated rings. The van der Waals surface area contributed by atoms with E-state index in [9.17, 15) is 0 Å². The smallest absolute Gasteiger partial charge is 0.162 e. The van der Waals surface area contributed by atoms with Crippen LogP contribution in [0.15, 0.2) is 34.8 Å². The summed E-state index contributed by atoms with van der Waals surface area (Å²) in [7, 11) is 0. The van der Waals surface area contributed by atoms with Crippen LogP contribution >= 0.6 is 39.1 Å². The summed E-state index contributed by atoms with van der Waals surface area (Å²) in [5, 5.41) is 13.1. The van der Waals surface area contributed by atoms with Crippen molar-refractivity contribution in [3.63, 3.8) is 0 Å². The van der Waals surface area contributed by atoms with Crippen molar-refractivity contribution in [2.24, 2.45) is 0 Å². The van der Waals surface area contributed by atoms with Crippen molar-refractivity contribution in [2.75, 3.05) is 19.8 Å². The van der Waals surface area contributed by atoms with E-state index in [1.807, 2.05) is 19.1 Å². The van der Waals surface area contributed by atoms with Crippen LogP contribution in [0.5, 0.6) is 11.5 Å². The van der Waals surface area contributed by atoms with Crippen LogP contribution in [0, 0.1) is 0 Å². The largest absolute Gasteiger partial charge is 0.490 e. The number of nitrogens with one attached hydrogen (secondary N) is 1. The summed E-state index contributed by atoms with van der Waals surface area (Å²) in [4.78, 5) is 0. The van der Waals surface area contributed by atoms with Gasteiger partial charge in [0.05, 0.1) is 13.2 Å². The normalized spacial score (nSPS) is 10.8. The van der Waals surface area contributed by atoms with E-state index >= 15 is 0 Å². The Morgan fingerprint density at radius 2 is 1.80 bits per heavy atom. The van der Waals surface area contributed by atoms with E-state index in [-0.39, 0.29) is 13.2 Å². The summed E-state index contributed by atoms with van der Waals surface area (Å²) in [5.74, 6) is 1.25. The molecule has 0 bridgehead atoms. The maximum Gasteiger partial charge on any atom is 0.162 e. The van der Waals surface area contributed by atoms with Gasteiger partial charge in [-0.3, -0.25) is 0 Å². The first-order chi connectivity index (χ1) is 12.1. The summed E-state index contributed by atoms with van der Waals surface area (Å²) < 4.78 is 12.5. The van der Waals surface area contributed by atoms with Crippen molar-refractivity contribution in [1.29, 1.82) is 0 Å². The third-order valence-electron chi connectivity index (χ3n) is 3.45. The molecule has 136 valence electrons. The van der Waals surface area contributed by atoms with Gasteiger partial charge in [-0.25, -0.2) is 0 Å². The van der Waals surface area contributed by atoms with Gasteiger partial charge in [0.2, 0.25) is 0 Å². The molecule has 2 N–H and O–H groups in total. The minimum absolute atomic E-state index is 0.0930. The van der Waals surface area contributed by atoms with Gasteiger partial charge in [0.15, 0.2) is 11.5 Å². The van der Waals surface area contributed by atoms with Crippen LogP contribution in [0.4, 0.5) is 0 Å². The first kappa shape index (κ1) is 20.3. The summed E-state index contributed by atoms with van der Waals surface area (Å²) in [6.45, 7) is 3.91. The van der Waals surface area contributed by atoms with Crippen LogP contribution in [-0.2, 0) is 13.2 Å². The standard InChI is InChI=1S/C18H20BrCl2NO3/c1-2-24-17-8-12(10-22-6-7-23)14(19)9-18(17)25-11-13-15(20)4-3-5-16(13)21/h3-5,8-9,22-23H,2,6-7,10-11H2,1H3. The highest BCUT2D eigenvalue weighted by molar-refractivity contribution is 9.10. The van der Waals surface area contributed by atoms with Crippen LogP contribution in [0.3, 0.4) is 0 Å². The van der Waals surface area contributed by atoms with Gasteiger partial charge >= 0.3 is 0 Å². The first-order valence-electron chi connectivity index (χ1n) is 7.89. The van der Waals surface area contributed by atoms with E-state index in [1.165, 1.54) is 0 Å². The van der Waals surface area contributed by atoms with Crippen molar-refractivity contribution in [1.82, 2.24) is 5.32 Å². The minimum atomic E-state index is 0.0930. The van der Waals surface area contributed by atoms with Crippen LogP contribution in [0.2, 0.25) is 10.0 Å². The van der Waals surface area contributed by atoms with Gasteiger partial charge in [0.25, 0.3) is 0 Å². The molecule has 2 rings (SSSR count). The molecule has 0 aliphatic rings. The topological polar surface area (TPSA) is 50.7 Å². The Hall–Kier alpha value is -0.980. The fourth-order valence-electron chi connectivity index (χ4n) is 2.22. The highest BCUT2D eigenvalue weighted by atomic mass is 79.9. The number of benzene rings is 2. The molecule has 0 atom stereocenters. The fraction of sp³-hybridized carbons (Fsp3) is 0.333. The molecule has 0 unspecified atom stereocenters. The lowest BCUT2D eigenvalue weighted by Gasteiger charge is -2.16. The monoisotopic (exact) mass is 447 g/mol. The van der Waals surface area contributed by atoms with E-state index in [0.29, 0.717) is 41.2 Å². The van der Waals surface area contributed by atoms with E-state index in [2.05, 4.69) is 21.2 Å². The zero-order valence-electron chi connectivity index (χ0n) is 13.8. The fourth-order valence-corrected chi connectivity index (χ4v) is 3.19. The molecule has 0 spiro atoms. The highest BCUT2D eigenvalue weighted by Crippen LogP contribution is 2.35. The predicted molar refractivity (Wildman–Crippen MR) is 105 cm³/mol. The van der Waals surface area contributed by atoms with Gasteiger partial charge < -0.3 is 19.9 Å². The second-order valence-electron chi connectivity index (χ2n) is 5.21. The lowest BCUT2D eigenvalue weighted by molar-refractivity contribution is 0.268. The Labute approximate surface area is 166 Å². The lowest BCUT2D eigenvalue weighted by atomic mass is 10.2. The number of hydrogen-bond acceptors (Lipinski definition) is 4. The van der Waals surface area contributed by atoms with Crippen LogP contribution in [0.1, 0.15) is 18.1 Å². The molecule has 0 radical (unpaired) electrons. The van der Waals surface area contributed by atoms with Gasteiger partial charge in [-0.2, -0.15) is 0 Å². The molecule has 7 heteroatoms. The first-order valence-corrected chi connectivity index (χ1v) is 9.44. The number of rotatable bonds is 9. The molecule has 2 aromatic rings. The second kappa shape index (κ2) is 10.2. The van der Waals surface area contributed by atoms with Crippen LogP contribution in [0.25, 0.3) is 0 Å². The van der Waals surface area contributed by atoms with Gasteiger partial charge in [-0.15, -0.1) is 0 Å². The maximum atomic E-state index is 8.88. The molecule has 0 aliphatic heterocycles. The lowest BCUT2D eigenvalue weighted by Crippen LogP contribution is -2.17. The van der Waals surface area contributed by atoms with E-state index in [0.717, 1.165) is 15.6 Å². The molecule has 0 saturated carbocycles. The van der Waals surface area contributed by atoms with Crippen molar-refractivity contribution in [2.45, 2.75) is 20.1 Å². The molecule has 25 heavy (non-hydrogen) atoms. The molecule has 0 heterocycles. The van der Waals surface area contributed by atoms with Crippen LogP contribution < -0.4 is 14.8 Å². The Balaban J connectivity index is 2.19. The molecule has 0 amide bonds. The number of aliphatic hydroxyl groups is 1. The summed E-state index contributed by atoms with van der Waals surface area (Å²) in [5.41, 5.74) is 1.75. The zero-order valence-corrected chi connectivity index (χ0v) is 16.9.